The Morgan fingerprint density at radius 1 is 1.12 bits per heavy atom. The third kappa shape index (κ3) is 3.18. The highest BCUT2D eigenvalue weighted by Crippen LogP contribution is 2.35. The van der Waals surface area contributed by atoms with Crippen molar-refractivity contribution < 1.29 is 19.4 Å². The summed E-state index contributed by atoms with van der Waals surface area (Å²) < 4.78 is 5.49. The average Bonchev–Trinajstić information content (AvgIpc) is 3.07. The second kappa shape index (κ2) is 6.93. The quantitative estimate of drug-likeness (QED) is 0.924. The van der Waals surface area contributed by atoms with Crippen LogP contribution in [0.1, 0.15) is 54.8 Å². The number of nitrogens with zero attached hydrogens (tertiary/aromatic N) is 1. The molecule has 0 aromatic heterocycles. The molecule has 2 aliphatic heterocycles. The van der Waals surface area contributed by atoms with Crippen molar-refractivity contribution in [1.29, 1.82) is 0 Å². The summed E-state index contributed by atoms with van der Waals surface area (Å²) in [7, 11) is 0. The Morgan fingerprint density at radius 2 is 1.88 bits per heavy atom. The Kier molecular flexibility index (Phi) is 4.90. The lowest BCUT2D eigenvalue weighted by Gasteiger charge is -2.38. The normalized spacial score (nSPS) is 27.2. The third-order valence-electron chi connectivity index (χ3n) is 5.36. The number of rotatable bonds is 3. The van der Waals surface area contributed by atoms with Crippen molar-refractivity contribution in [3.8, 4) is 0 Å². The molecule has 1 amide bonds. The molecule has 0 aliphatic carbocycles. The van der Waals surface area contributed by atoms with Crippen LogP contribution >= 0.6 is 0 Å². The van der Waals surface area contributed by atoms with Crippen molar-refractivity contribution in [1.82, 2.24) is 4.90 Å². The van der Waals surface area contributed by atoms with E-state index in [4.69, 9.17) is 9.84 Å². The van der Waals surface area contributed by atoms with E-state index in [-0.39, 0.29) is 11.9 Å². The number of carboxylic acid groups (broad SMARTS) is 1. The molecule has 1 N–H and O–H groups in total. The largest absolute Gasteiger partial charge is 0.479 e. The van der Waals surface area contributed by atoms with Crippen molar-refractivity contribution in [3.05, 3.63) is 34.9 Å². The van der Waals surface area contributed by atoms with E-state index in [1.165, 1.54) is 16.7 Å². The zero-order valence-corrected chi connectivity index (χ0v) is 14.3. The van der Waals surface area contributed by atoms with Gasteiger partial charge in [0, 0.05) is 6.54 Å². The summed E-state index contributed by atoms with van der Waals surface area (Å²) in [5, 5.41) is 9.07. The van der Waals surface area contributed by atoms with Crippen LogP contribution in [-0.4, -0.2) is 40.6 Å². The van der Waals surface area contributed by atoms with Gasteiger partial charge < -0.3 is 14.7 Å². The summed E-state index contributed by atoms with van der Waals surface area (Å²) in [5.74, 6) is -1.03. The fourth-order valence-corrected chi connectivity index (χ4v) is 3.84. The van der Waals surface area contributed by atoms with Gasteiger partial charge in [0.25, 0.3) is 5.91 Å². The number of aryl methyl sites for hydroxylation is 1. The minimum absolute atomic E-state index is 0.0515. The van der Waals surface area contributed by atoms with Crippen molar-refractivity contribution >= 4 is 11.9 Å². The summed E-state index contributed by atoms with van der Waals surface area (Å²) in [4.78, 5) is 25.9. The van der Waals surface area contributed by atoms with Gasteiger partial charge >= 0.3 is 5.97 Å². The molecule has 0 radical (unpaired) electrons. The van der Waals surface area contributed by atoms with Crippen LogP contribution in [0.25, 0.3) is 0 Å². The highest BCUT2D eigenvalue weighted by molar-refractivity contribution is 5.83. The molecule has 0 bridgehead atoms. The number of piperidine rings is 1. The number of hydrogen-bond acceptors (Lipinski definition) is 3. The first-order valence-electron chi connectivity index (χ1n) is 8.74. The lowest BCUT2D eigenvalue weighted by atomic mass is 9.90. The molecule has 1 aromatic rings. The zero-order chi connectivity index (χ0) is 17.3. The van der Waals surface area contributed by atoms with Crippen LogP contribution in [0.3, 0.4) is 0 Å². The second-order valence-electron chi connectivity index (χ2n) is 6.86. The second-order valence-corrected chi connectivity index (χ2v) is 6.86. The number of ether oxygens (including phenoxy) is 1. The van der Waals surface area contributed by atoms with Crippen LogP contribution in [0.15, 0.2) is 18.2 Å². The predicted octanol–water partition coefficient (Wildman–Crippen LogP) is 2.99. The molecule has 3 atom stereocenters. The maximum Gasteiger partial charge on any atom is 0.332 e. The minimum Gasteiger partial charge on any atom is -0.479 e. The highest BCUT2D eigenvalue weighted by Gasteiger charge is 2.39. The van der Waals surface area contributed by atoms with E-state index in [0.717, 1.165) is 19.3 Å². The van der Waals surface area contributed by atoms with E-state index in [9.17, 15) is 9.59 Å². The van der Waals surface area contributed by atoms with Crippen molar-refractivity contribution in [2.24, 2.45) is 0 Å². The molecule has 5 heteroatoms. The van der Waals surface area contributed by atoms with Gasteiger partial charge in [-0.1, -0.05) is 18.2 Å². The molecule has 1 aromatic carbocycles. The Hall–Kier alpha value is -1.88. The van der Waals surface area contributed by atoms with Gasteiger partial charge in [0.1, 0.15) is 6.10 Å². The van der Waals surface area contributed by atoms with E-state index in [1.807, 2.05) is 11.0 Å². The van der Waals surface area contributed by atoms with Gasteiger partial charge in [-0.2, -0.15) is 0 Å². The molecule has 1 unspecified atom stereocenters. The number of carboxylic acids is 1. The van der Waals surface area contributed by atoms with E-state index < -0.39 is 18.2 Å². The van der Waals surface area contributed by atoms with Gasteiger partial charge in [0.15, 0.2) is 6.10 Å². The first-order chi connectivity index (χ1) is 11.5. The molecule has 2 heterocycles. The minimum atomic E-state index is -0.977. The molecule has 2 fully saturated rings. The molecule has 24 heavy (non-hydrogen) atoms. The molecule has 0 saturated carbocycles. The molecule has 3 rings (SSSR count). The number of hydrogen-bond donors (Lipinski definition) is 1. The fraction of sp³-hybridized carbons (Fsp3) is 0.579. The maximum atomic E-state index is 13.0. The van der Waals surface area contributed by atoms with Crippen LogP contribution in [0.5, 0.6) is 0 Å². The van der Waals surface area contributed by atoms with E-state index in [0.29, 0.717) is 19.4 Å². The Labute approximate surface area is 142 Å². The van der Waals surface area contributed by atoms with E-state index in [2.05, 4.69) is 26.0 Å². The lowest BCUT2D eigenvalue weighted by molar-refractivity contribution is -0.156. The zero-order valence-electron chi connectivity index (χ0n) is 14.3. The third-order valence-corrected chi connectivity index (χ3v) is 5.36. The number of likely N-dealkylation sites (tertiary alicyclic amines) is 1. The Morgan fingerprint density at radius 3 is 2.58 bits per heavy atom. The van der Waals surface area contributed by atoms with Gasteiger partial charge in [0.05, 0.1) is 6.04 Å². The Bertz CT molecular complexity index is 642. The van der Waals surface area contributed by atoms with Gasteiger partial charge in [-0.05, 0) is 62.6 Å². The molecule has 0 spiro atoms. The number of carbonyl (C=O) groups excluding carboxylic acids is 1. The summed E-state index contributed by atoms with van der Waals surface area (Å²) in [6.45, 7) is 4.91. The van der Waals surface area contributed by atoms with E-state index in [1.54, 1.807) is 0 Å². The number of amides is 1. The van der Waals surface area contributed by atoms with Gasteiger partial charge in [0.2, 0.25) is 0 Å². The van der Waals surface area contributed by atoms with Gasteiger partial charge in [-0.3, -0.25) is 4.79 Å². The topological polar surface area (TPSA) is 66.8 Å². The summed E-state index contributed by atoms with van der Waals surface area (Å²) >= 11 is 0. The molecule has 130 valence electrons. The first-order valence-corrected chi connectivity index (χ1v) is 8.74. The lowest BCUT2D eigenvalue weighted by Crippen LogP contribution is -2.44. The van der Waals surface area contributed by atoms with E-state index >= 15 is 0 Å². The average molecular weight is 331 g/mol. The molecule has 2 aliphatic rings. The monoisotopic (exact) mass is 331 g/mol. The SMILES string of the molecule is Cc1cccc(C2CCCCN2C(=O)[C@@H]2CC[C@H](C(=O)O)O2)c1C. The Balaban J connectivity index is 1.81. The number of carbonyl (C=O) groups is 2. The number of aliphatic carboxylic acids is 1. The van der Waals surface area contributed by atoms with Crippen LogP contribution in [0.2, 0.25) is 0 Å². The van der Waals surface area contributed by atoms with Gasteiger partial charge in [-0.15, -0.1) is 0 Å². The standard InChI is InChI=1S/C19H25NO4/c1-12-6-5-7-14(13(12)2)15-8-3-4-11-20(15)18(21)16-9-10-17(24-16)19(22)23/h5-7,15-17H,3-4,8-11H2,1-2H3,(H,22,23)/t15?,16-,17+/m0/s1. The molecular weight excluding hydrogens is 306 g/mol. The van der Waals surface area contributed by atoms with Crippen molar-refractivity contribution in [2.45, 2.75) is 64.2 Å². The maximum absolute atomic E-state index is 13.0. The summed E-state index contributed by atoms with van der Waals surface area (Å²) in [6.07, 6.45) is 2.48. The van der Waals surface area contributed by atoms with Crippen molar-refractivity contribution in [2.75, 3.05) is 6.54 Å². The van der Waals surface area contributed by atoms with Gasteiger partial charge in [-0.25, -0.2) is 4.79 Å². The fourth-order valence-electron chi connectivity index (χ4n) is 3.84. The van der Waals surface area contributed by atoms with Crippen molar-refractivity contribution in [3.63, 3.8) is 0 Å². The van der Waals surface area contributed by atoms with Crippen LogP contribution in [-0.2, 0) is 14.3 Å². The summed E-state index contributed by atoms with van der Waals surface area (Å²) in [5.41, 5.74) is 3.67. The first kappa shape index (κ1) is 17.0. The molecule has 5 nitrogen and oxygen atoms in total. The van der Waals surface area contributed by atoms with Crippen LogP contribution < -0.4 is 0 Å². The summed E-state index contributed by atoms with van der Waals surface area (Å²) in [6, 6.07) is 6.31. The highest BCUT2D eigenvalue weighted by atomic mass is 16.5. The van der Waals surface area contributed by atoms with Crippen LogP contribution in [0, 0.1) is 13.8 Å². The van der Waals surface area contributed by atoms with Crippen LogP contribution in [0.4, 0.5) is 0 Å². The number of benzene rings is 1. The molecule has 2 saturated heterocycles. The smallest absolute Gasteiger partial charge is 0.332 e. The predicted molar refractivity (Wildman–Crippen MR) is 89.8 cm³/mol. The molecular formula is C19H25NO4.